The van der Waals surface area contributed by atoms with E-state index in [0.717, 1.165) is 49.5 Å². The zero-order chi connectivity index (χ0) is 34.3. The van der Waals surface area contributed by atoms with E-state index in [1.807, 2.05) is 19.1 Å². The van der Waals surface area contributed by atoms with Gasteiger partial charge in [0.05, 0.1) is 23.2 Å². The number of nitrogens with one attached hydrogen (secondary N) is 2. The van der Waals surface area contributed by atoms with Crippen LogP contribution in [0.4, 0.5) is 25.0 Å². The van der Waals surface area contributed by atoms with Crippen molar-refractivity contribution < 1.29 is 31.5 Å². The van der Waals surface area contributed by atoms with E-state index in [2.05, 4.69) is 28.8 Å². The molecular weight excluding hydrogens is 630 g/mol. The van der Waals surface area contributed by atoms with Crippen molar-refractivity contribution >= 4 is 33.3 Å². The molecule has 3 aromatic rings. The third kappa shape index (κ3) is 9.85. The zero-order valence-electron chi connectivity index (χ0n) is 27.1. The fourth-order valence-electron chi connectivity index (χ4n) is 5.53. The maximum Gasteiger partial charge on any atom is 0.322 e. The Balaban J connectivity index is 1.40. The molecule has 0 bridgehead atoms. The van der Waals surface area contributed by atoms with Crippen LogP contribution in [0.2, 0.25) is 0 Å². The lowest BCUT2D eigenvalue weighted by Gasteiger charge is -2.39. The van der Waals surface area contributed by atoms with Gasteiger partial charge in [0.15, 0.2) is 0 Å². The first kappa shape index (κ1) is 35.6. The number of nitrogens with two attached hydrogens (primary N) is 1. The van der Waals surface area contributed by atoms with Gasteiger partial charge in [-0.1, -0.05) is 33.3 Å². The number of pyridine rings is 1. The molecule has 11 nitrogen and oxygen atoms in total. The van der Waals surface area contributed by atoms with Crippen molar-refractivity contribution in [2.45, 2.75) is 65.0 Å². The number of halogens is 2. The lowest BCUT2D eigenvalue weighted by Crippen LogP contribution is -2.49. The molecule has 14 heteroatoms. The fraction of sp³-hybridized carbons (Fsp3) is 0.424. The molecule has 1 aromatic heterocycles. The van der Waals surface area contributed by atoms with Gasteiger partial charge in [0.2, 0.25) is 15.9 Å². The number of hydrogen-bond acceptors (Lipinski definition) is 7. The Morgan fingerprint density at radius 1 is 1.09 bits per heavy atom. The first-order valence-electron chi connectivity index (χ1n) is 15.6. The summed E-state index contributed by atoms with van der Waals surface area (Å²) in [7, 11) is -3.38. The molecule has 2 aromatic carbocycles. The molecule has 0 aliphatic carbocycles. The van der Waals surface area contributed by atoms with Crippen molar-refractivity contribution in [2.24, 2.45) is 5.73 Å². The second-order valence-corrected chi connectivity index (χ2v) is 13.8. The summed E-state index contributed by atoms with van der Waals surface area (Å²) >= 11 is 0. The number of carbonyl (C=O) groups is 2. The number of amides is 3. The number of likely N-dealkylation sites (tertiary alicyclic amines) is 1. The Morgan fingerprint density at radius 2 is 1.77 bits per heavy atom. The summed E-state index contributed by atoms with van der Waals surface area (Å²) in [5.74, 6) is -2.05. The number of rotatable bonds is 13. The van der Waals surface area contributed by atoms with Crippen molar-refractivity contribution in [3.05, 3.63) is 77.0 Å². The van der Waals surface area contributed by atoms with Gasteiger partial charge in [0, 0.05) is 50.0 Å². The number of urea groups is 1. The van der Waals surface area contributed by atoms with Crippen LogP contribution in [0, 0.1) is 11.6 Å². The lowest BCUT2D eigenvalue weighted by molar-refractivity contribution is 0.0996. The zero-order valence-corrected chi connectivity index (χ0v) is 27.9. The number of ether oxygens (including phenoxy) is 1. The summed E-state index contributed by atoms with van der Waals surface area (Å²) in [4.78, 5) is 33.7. The molecule has 254 valence electrons. The molecule has 2 heterocycles. The Morgan fingerprint density at radius 3 is 2.36 bits per heavy atom. The van der Waals surface area contributed by atoms with Crippen molar-refractivity contribution in [3.63, 3.8) is 0 Å². The molecule has 3 amide bonds. The van der Waals surface area contributed by atoms with E-state index in [0.29, 0.717) is 49.3 Å². The number of unbranched alkanes of at least 4 members (excludes halogenated alkanes) is 1. The van der Waals surface area contributed by atoms with E-state index in [1.54, 1.807) is 29.2 Å². The highest BCUT2D eigenvalue weighted by Gasteiger charge is 2.29. The maximum atomic E-state index is 14.5. The van der Waals surface area contributed by atoms with Crippen molar-refractivity contribution in [2.75, 3.05) is 35.9 Å². The average molecular weight is 673 g/mol. The highest BCUT2D eigenvalue weighted by Crippen LogP contribution is 2.28. The highest BCUT2D eigenvalue weighted by molar-refractivity contribution is 7.92. The second kappa shape index (κ2) is 15.5. The number of nitrogens with zero attached hydrogens (tertiary/aromatic N) is 3. The van der Waals surface area contributed by atoms with Crippen molar-refractivity contribution in [3.8, 4) is 11.6 Å². The lowest BCUT2D eigenvalue weighted by atomic mass is 10.00. The van der Waals surface area contributed by atoms with Gasteiger partial charge in [-0.2, -0.15) is 0 Å². The number of sulfonamides is 1. The summed E-state index contributed by atoms with van der Waals surface area (Å²) in [6.45, 7) is 8.73. The smallest absolute Gasteiger partial charge is 0.322 e. The number of benzene rings is 2. The molecule has 0 unspecified atom stereocenters. The van der Waals surface area contributed by atoms with Crippen molar-refractivity contribution in [1.29, 1.82) is 0 Å². The molecular formula is C33H42F2N6O5S. The van der Waals surface area contributed by atoms with E-state index in [1.165, 1.54) is 0 Å². The number of piperidine rings is 1. The van der Waals surface area contributed by atoms with Crippen LogP contribution in [0.1, 0.15) is 74.0 Å². The highest BCUT2D eigenvalue weighted by atomic mass is 32.2. The van der Waals surface area contributed by atoms with Crippen LogP contribution < -0.4 is 20.5 Å². The summed E-state index contributed by atoms with van der Waals surface area (Å²) < 4.78 is 59.8. The third-order valence-corrected chi connectivity index (χ3v) is 8.49. The molecule has 1 aliphatic heterocycles. The molecule has 47 heavy (non-hydrogen) atoms. The van der Waals surface area contributed by atoms with Gasteiger partial charge >= 0.3 is 6.03 Å². The number of anilines is 2. The van der Waals surface area contributed by atoms with Crippen LogP contribution in [0.5, 0.6) is 11.6 Å². The van der Waals surface area contributed by atoms with Gasteiger partial charge in [-0.25, -0.2) is 27.0 Å². The first-order chi connectivity index (χ1) is 22.2. The number of primary amides is 1. The van der Waals surface area contributed by atoms with Gasteiger partial charge in [-0.15, -0.1) is 0 Å². The van der Waals surface area contributed by atoms with Gasteiger partial charge in [0.1, 0.15) is 17.4 Å². The molecule has 0 radical (unpaired) electrons. The second-order valence-electron chi connectivity index (χ2n) is 12.0. The standard InChI is InChI=1S/C33H42F2N6O5S/c1-5-6-15-41(33(43)37-29-18-26(32(36)42)27(34)19-28(29)35)24-13-16-40(17-14-24)20-22-7-12-30(38-31(22)21(2)3)46-25-10-8-23(9-11-25)39-47(4,44)45/h7-12,18-19,21,24,39H,5-6,13-17,20H2,1-4H3,(H2,36,42)(H,37,43). The quantitative estimate of drug-likeness (QED) is 0.201. The molecule has 4 N–H and O–H groups in total. The van der Waals surface area contributed by atoms with E-state index in [-0.39, 0.29) is 17.6 Å². The predicted octanol–water partition coefficient (Wildman–Crippen LogP) is 6.04. The predicted molar refractivity (Wildman–Crippen MR) is 177 cm³/mol. The van der Waals surface area contributed by atoms with Crippen LogP contribution in [0.15, 0.2) is 48.5 Å². The maximum absolute atomic E-state index is 14.5. The van der Waals surface area contributed by atoms with Gasteiger partial charge in [-0.05, 0) is 61.1 Å². The molecule has 1 aliphatic rings. The number of hydrogen-bond donors (Lipinski definition) is 3. The minimum atomic E-state index is -3.38. The number of aromatic nitrogens is 1. The van der Waals surface area contributed by atoms with E-state index in [9.17, 15) is 26.8 Å². The first-order valence-corrected chi connectivity index (χ1v) is 17.5. The summed E-state index contributed by atoms with van der Waals surface area (Å²) in [5, 5.41) is 2.52. The third-order valence-electron chi connectivity index (χ3n) is 7.88. The van der Waals surface area contributed by atoms with E-state index >= 15 is 0 Å². The summed E-state index contributed by atoms with van der Waals surface area (Å²) in [5.41, 5.74) is 6.81. The normalized spacial score (nSPS) is 14.2. The van der Waals surface area contributed by atoms with Crippen LogP contribution >= 0.6 is 0 Å². The summed E-state index contributed by atoms with van der Waals surface area (Å²) in [6.07, 6.45) is 4.10. The Labute approximate surface area is 274 Å². The molecule has 0 saturated carbocycles. The summed E-state index contributed by atoms with van der Waals surface area (Å²) in [6, 6.07) is 11.3. The van der Waals surface area contributed by atoms with Gasteiger partial charge < -0.3 is 20.7 Å². The fourth-order valence-corrected chi connectivity index (χ4v) is 6.09. The van der Waals surface area contributed by atoms with Gasteiger partial charge in [-0.3, -0.25) is 14.4 Å². The van der Waals surface area contributed by atoms with Crippen molar-refractivity contribution in [1.82, 2.24) is 14.8 Å². The number of carbonyl (C=O) groups excluding carboxylic acids is 2. The van der Waals surface area contributed by atoms with Crippen LogP contribution in [-0.4, -0.2) is 67.1 Å². The molecule has 1 saturated heterocycles. The average Bonchev–Trinajstić information content (AvgIpc) is 3.00. The molecule has 0 spiro atoms. The largest absolute Gasteiger partial charge is 0.439 e. The SMILES string of the molecule is CCCCN(C(=O)Nc1cc(C(N)=O)c(F)cc1F)C1CCN(Cc2ccc(Oc3ccc(NS(C)(=O)=O)cc3)nc2C(C)C)CC1. The van der Waals surface area contributed by atoms with Gasteiger partial charge in [0.25, 0.3) is 5.91 Å². The monoisotopic (exact) mass is 672 g/mol. The van der Waals surface area contributed by atoms with Crippen LogP contribution in [0.3, 0.4) is 0 Å². The molecule has 0 atom stereocenters. The van der Waals surface area contributed by atoms with Crippen LogP contribution in [-0.2, 0) is 16.6 Å². The minimum absolute atomic E-state index is 0.0885. The van der Waals surface area contributed by atoms with E-state index < -0.39 is 39.2 Å². The molecule has 4 rings (SSSR count). The minimum Gasteiger partial charge on any atom is -0.439 e. The topological polar surface area (TPSA) is 147 Å². The Kier molecular flexibility index (Phi) is 11.7. The Hall–Kier alpha value is -4.30. The molecule has 1 fully saturated rings. The Bertz CT molecular complexity index is 1680. The van der Waals surface area contributed by atoms with E-state index in [4.69, 9.17) is 15.5 Å². The van der Waals surface area contributed by atoms with Crippen LogP contribution in [0.25, 0.3) is 0 Å².